The van der Waals surface area contributed by atoms with Gasteiger partial charge in [-0.05, 0) is 55.5 Å². The number of piperidine rings is 1. The molecule has 27 heavy (non-hydrogen) atoms. The van der Waals surface area contributed by atoms with Crippen LogP contribution in [-0.2, 0) is 24.3 Å². The van der Waals surface area contributed by atoms with Crippen molar-refractivity contribution in [2.45, 2.75) is 58.2 Å². The van der Waals surface area contributed by atoms with E-state index in [4.69, 9.17) is 0 Å². The van der Waals surface area contributed by atoms with E-state index in [9.17, 15) is 9.18 Å². The molecule has 0 aromatic heterocycles. The van der Waals surface area contributed by atoms with E-state index >= 15 is 0 Å². The van der Waals surface area contributed by atoms with Gasteiger partial charge in [-0.2, -0.15) is 0 Å². The molecule has 1 aliphatic heterocycles. The number of amides is 1. The number of aryl methyl sites for hydroxylation is 1. The van der Waals surface area contributed by atoms with Crippen molar-refractivity contribution in [2.75, 3.05) is 6.54 Å². The fraction of sp³-hybridized carbons (Fsp3) is 0.435. The predicted octanol–water partition coefficient (Wildman–Crippen LogP) is 4.45. The number of hydrogen-bond acceptors (Lipinski definition) is 2. The van der Waals surface area contributed by atoms with E-state index in [1.165, 1.54) is 37.4 Å². The number of halogens is 1. The summed E-state index contributed by atoms with van der Waals surface area (Å²) in [6, 6.07) is 15.8. The van der Waals surface area contributed by atoms with Crippen molar-refractivity contribution >= 4 is 5.91 Å². The lowest BCUT2D eigenvalue weighted by Crippen LogP contribution is -2.36. The Morgan fingerprint density at radius 3 is 2.59 bits per heavy atom. The van der Waals surface area contributed by atoms with Crippen LogP contribution >= 0.6 is 0 Å². The monoisotopic (exact) mass is 368 g/mol. The van der Waals surface area contributed by atoms with Gasteiger partial charge in [0.05, 0.1) is 0 Å². The van der Waals surface area contributed by atoms with Crippen LogP contribution in [0.25, 0.3) is 0 Å². The topological polar surface area (TPSA) is 32.3 Å². The summed E-state index contributed by atoms with van der Waals surface area (Å²) in [6.45, 7) is 5.00. The first-order valence-electron chi connectivity index (χ1n) is 9.94. The fourth-order valence-corrected chi connectivity index (χ4v) is 3.63. The predicted molar refractivity (Wildman–Crippen MR) is 107 cm³/mol. The lowest BCUT2D eigenvalue weighted by molar-refractivity contribution is -0.121. The van der Waals surface area contributed by atoms with Gasteiger partial charge in [0.25, 0.3) is 0 Å². The number of hydrogen-bond donors (Lipinski definition) is 1. The van der Waals surface area contributed by atoms with Crippen LogP contribution in [-0.4, -0.2) is 23.4 Å². The first kappa shape index (κ1) is 19.6. The van der Waals surface area contributed by atoms with Gasteiger partial charge in [0.2, 0.25) is 5.91 Å². The molecule has 4 heteroatoms. The maximum absolute atomic E-state index is 13.6. The third kappa shape index (κ3) is 5.90. The highest BCUT2D eigenvalue weighted by Gasteiger charge is 2.17. The fourth-order valence-electron chi connectivity index (χ4n) is 3.63. The number of rotatable bonds is 7. The maximum atomic E-state index is 13.6. The van der Waals surface area contributed by atoms with E-state index in [1.807, 2.05) is 0 Å². The van der Waals surface area contributed by atoms with Crippen LogP contribution in [0.2, 0.25) is 0 Å². The van der Waals surface area contributed by atoms with E-state index in [1.54, 1.807) is 18.2 Å². The molecule has 0 spiro atoms. The molecule has 2 aromatic carbocycles. The molecule has 1 aliphatic rings. The van der Waals surface area contributed by atoms with Crippen molar-refractivity contribution in [1.29, 1.82) is 0 Å². The highest BCUT2D eigenvalue weighted by molar-refractivity contribution is 5.76. The first-order chi connectivity index (χ1) is 13.1. The van der Waals surface area contributed by atoms with E-state index in [2.05, 4.69) is 41.4 Å². The molecule has 1 fully saturated rings. The molecule has 0 aliphatic carbocycles. The number of carbonyl (C=O) groups is 1. The minimum atomic E-state index is -0.246. The normalized spacial score (nSPS) is 17.6. The third-order valence-electron chi connectivity index (χ3n) is 5.42. The van der Waals surface area contributed by atoms with Gasteiger partial charge in [-0.1, -0.05) is 48.9 Å². The zero-order valence-corrected chi connectivity index (χ0v) is 16.1. The Bertz CT molecular complexity index is 744. The van der Waals surface area contributed by atoms with Gasteiger partial charge < -0.3 is 5.32 Å². The minimum Gasteiger partial charge on any atom is -0.352 e. The van der Waals surface area contributed by atoms with Crippen molar-refractivity contribution in [3.05, 3.63) is 71.0 Å². The lowest BCUT2D eigenvalue weighted by Gasteiger charge is -2.33. The van der Waals surface area contributed by atoms with E-state index in [0.717, 1.165) is 12.1 Å². The standard InChI is InChI=1S/C23H29FN2O/c1-18-6-4-5-15-26(18)17-20-11-9-19(10-12-20)16-25-23(27)14-13-21-7-2-3-8-22(21)24/h2-3,7-12,18H,4-6,13-17H2,1H3,(H,25,27). The summed E-state index contributed by atoms with van der Waals surface area (Å²) in [7, 11) is 0. The van der Waals surface area contributed by atoms with Crippen LogP contribution < -0.4 is 5.32 Å². The molecule has 1 unspecified atom stereocenters. The summed E-state index contributed by atoms with van der Waals surface area (Å²) in [5, 5.41) is 2.92. The van der Waals surface area contributed by atoms with Crippen LogP contribution in [0.4, 0.5) is 4.39 Å². The number of benzene rings is 2. The van der Waals surface area contributed by atoms with Gasteiger partial charge in [0.1, 0.15) is 5.82 Å². The Morgan fingerprint density at radius 2 is 1.85 bits per heavy atom. The zero-order valence-electron chi connectivity index (χ0n) is 16.1. The molecule has 1 heterocycles. The summed E-state index contributed by atoms with van der Waals surface area (Å²) in [4.78, 5) is 14.6. The Kier molecular flexibility index (Phi) is 6.99. The van der Waals surface area contributed by atoms with Gasteiger partial charge in [-0.15, -0.1) is 0 Å². The summed E-state index contributed by atoms with van der Waals surface area (Å²) in [6.07, 6.45) is 4.64. The smallest absolute Gasteiger partial charge is 0.220 e. The minimum absolute atomic E-state index is 0.0514. The molecule has 0 saturated carbocycles. The molecule has 1 saturated heterocycles. The molecule has 3 nitrogen and oxygen atoms in total. The van der Waals surface area contributed by atoms with Gasteiger partial charge in [-0.3, -0.25) is 9.69 Å². The number of nitrogens with zero attached hydrogens (tertiary/aromatic N) is 1. The van der Waals surface area contributed by atoms with Crippen LogP contribution in [0, 0.1) is 5.82 Å². The maximum Gasteiger partial charge on any atom is 0.220 e. The average molecular weight is 368 g/mol. The van der Waals surface area contributed by atoms with E-state index < -0.39 is 0 Å². The summed E-state index contributed by atoms with van der Waals surface area (Å²) < 4.78 is 13.6. The van der Waals surface area contributed by atoms with Crippen LogP contribution in [0.3, 0.4) is 0 Å². The highest BCUT2D eigenvalue weighted by Crippen LogP contribution is 2.19. The second kappa shape index (κ2) is 9.65. The molecule has 144 valence electrons. The summed E-state index contributed by atoms with van der Waals surface area (Å²) in [5.41, 5.74) is 2.99. The van der Waals surface area contributed by atoms with Crippen LogP contribution in [0.1, 0.15) is 49.3 Å². The van der Waals surface area contributed by atoms with Crippen molar-refractivity contribution in [1.82, 2.24) is 10.2 Å². The molecule has 3 rings (SSSR count). The zero-order chi connectivity index (χ0) is 19.1. The van der Waals surface area contributed by atoms with Gasteiger partial charge >= 0.3 is 0 Å². The average Bonchev–Trinajstić information content (AvgIpc) is 2.68. The second-order valence-electron chi connectivity index (χ2n) is 7.50. The third-order valence-corrected chi connectivity index (χ3v) is 5.42. The van der Waals surface area contributed by atoms with E-state index in [0.29, 0.717) is 31.0 Å². The molecule has 0 radical (unpaired) electrons. The van der Waals surface area contributed by atoms with Crippen molar-refractivity contribution in [3.8, 4) is 0 Å². The lowest BCUT2D eigenvalue weighted by atomic mass is 10.0. The van der Waals surface area contributed by atoms with Crippen LogP contribution in [0.15, 0.2) is 48.5 Å². The highest BCUT2D eigenvalue weighted by atomic mass is 19.1. The summed E-state index contributed by atoms with van der Waals surface area (Å²) in [5.74, 6) is -0.298. The Hall–Kier alpha value is -2.20. The van der Waals surface area contributed by atoms with E-state index in [-0.39, 0.29) is 11.7 Å². The molecular formula is C23H29FN2O. The largest absolute Gasteiger partial charge is 0.352 e. The molecule has 1 N–H and O–H groups in total. The van der Waals surface area contributed by atoms with Crippen molar-refractivity contribution < 1.29 is 9.18 Å². The molecule has 0 bridgehead atoms. The molecular weight excluding hydrogens is 339 g/mol. The second-order valence-corrected chi connectivity index (χ2v) is 7.50. The number of likely N-dealkylation sites (tertiary alicyclic amines) is 1. The number of nitrogens with one attached hydrogen (secondary N) is 1. The Labute approximate surface area is 161 Å². The SMILES string of the molecule is CC1CCCCN1Cc1ccc(CNC(=O)CCc2ccccc2F)cc1. The molecule has 1 atom stereocenters. The Morgan fingerprint density at radius 1 is 1.11 bits per heavy atom. The number of carbonyl (C=O) groups excluding carboxylic acids is 1. The first-order valence-corrected chi connectivity index (χ1v) is 9.94. The quantitative estimate of drug-likeness (QED) is 0.783. The van der Waals surface area contributed by atoms with Gasteiger partial charge in [-0.25, -0.2) is 4.39 Å². The van der Waals surface area contributed by atoms with Crippen molar-refractivity contribution in [2.24, 2.45) is 0 Å². The molecule has 1 amide bonds. The van der Waals surface area contributed by atoms with Gasteiger partial charge in [0, 0.05) is 25.6 Å². The summed E-state index contributed by atoms with van der Waals surface area (Å²) >= 11 is 0. The van der Waals surface area contributed by atoms with Gasteiger partial charge in [0.15, 0.2) is 0 Å². The van der Waals surface area contributed by atoms with Crippen LogP contribution in [0.5, 0.6) is 0 Å². The molecule has 2 aromatic rings. The van der Waals surface area contributed by atoms with Crippen molar-refractivity contribution in [3.63, 3.8) is 0 Å². The Balaban J connectivity index is 1.43.